The van der Waals surface area contributed by atoms with Gasteiger partial charge in [0.25, 0.3) is 0 Å². The molecule has 0 atom stereocenters. The van der Waals surface area contributed by atoms with Crippen molar-refractivity contribution in [1.29, 1.82) is 0 Å². The lowest BCUT2D eigenvalue weighted by Gasteiger charge is -2.25. The van der Waals surface area contributed by atoms with Gasteiger partial charge in [-0.1, -0.05) is 0 Å². The Bertz CT molecular complexity index is 1180. The third-order valence-corrected chi connectivity index (χ3v) is 7.34. The fourth-order valence-corrected chi connectivity index (χ4v) is 5.60. The predicted molar refractivity (Wildman–Crippen MR) is 108 cm³/mol. The molecule has 0 aromatic heterocycles. The molecule has 0 amide bonds. The van der Waals surface area contributed by atoms with Crippen molar-refractivity contribution in [3.8, 4) is 0 Å². The first-order chi connectivity index (χ1) is 17.3. The molecule has 19 heteroatoms. The van der Waals surface area contributed by atoms with Crippen molar-refractivity contribution in [2.75, 3.05) is 16.3 Å². The molecule has 0 spiro atoms. The Morgan fingerprint density at radius 3 is 0.622 bits per heavy atom. The summed E-state index contributed by atoms with van der Waals surface area (Å²) < 4.78 is 176. The van der Waals surface area contributed by atoms with E-state index in [0.717, 1.165) is 0 Å². The molecule has 3 aromatic rings. The van der Waals surface area contributed by atoms with Crippen LogP contribution in [0.25, 0.3) is 0 Å². The number of nitrogen functional groups attached to an aromatic ring is 3. The molecule has 0 heterocycles. The van der Waals surface area contributed by atoms with Gasteiger partial charge in [-0.2, -0.15) is 0 Å². The topological polar surface area (TPSA) is 114 Å². The molecule has 0 bridgehead atoms. The summed E-state index contributed by atoms with van der Waals surface area (Å²) in [4.78, 5) is 0. The van der Waals surface area contributed by atoms with Crippen LogP contribution < -0.4 is 49.7 Å². The highest BCUT2D eigenvalue weighted by molar-refractivity contribution is 7.79. The minimum atomic E-state index is -4.62. The fourth-order valence-electron chi connectivity index (χ4n) is 3.16. The zero-order valence-corrected chi connectivity index (χ0v) is 18.1. The summed E-state index contributed by atoms with van der Waals surface area (Å²) in [5, 5.41) is -6.92. The van der Waals surface area contributed by atoms with Gasteiger partial charge >= 0.3 is 0 Å². The molecule has 37 heavy (non-hydrogen) atoms. The number of anilines is 3. The monoisotopic (exact) mass is 568 g/mol. The van der Waals surface area contributed by atoms with E-state index in [-0.39, 0.29) is 0 Å². The van der Waals surface area contributed by atoms with Crippen LogP contribution in [0.3, 0.4) is 0 Å². The molecule has 0 saturated carbocycles. The Hall–Kier alpha value is -3.47. The number of hydrazine groups is 3. The number of hydrogen-bond donors (Lipinski definition) is 6. The van der Waals surface area contributed by atoms with E-state index < -0.39 is 111 Å². The molecule has 0 radical (unpaired) electrons. The largest absolute Gasteiger partial charge is 0.319 e. The van der Waals surface area contributed by atoms with Crippen molar-refractivity contribution in [1.82, 2.24) is 0 Å². The van der Waals surface area contributed by atoms with Crippen molar-refractivity contribution in [2.24, 2.45) is 17.5 Å². The van der Waals surface area contributed by atoms with E-state index in [2.05, 4.69) is 0 Å². The van der Waals surface area contributed by atoms with Gasteiger partial charge in [-0.05, 0) is 0 Å². The molecule has 200 valence electrons. The van der Waals surface area contributed by atoms with Crippen LogP contribution >= 0.6 is 7.92 Å². The highest BCUT2D eigenvalue weighted by atomic mass is 31.1. The first kappa shape index (κ1) is 28.1. The molecule has 0 aliphatic rings. The van der Waals surface area contributed by atoms with Crippen LogP contribution in [0.15, 0.2) is 0 Å². The maximum Gasteiger partial charge on any atom is 0.187 e. The van der Waals surface area contributed by atoms with Crippen LogP contribution in [0.1, 0.15) is 0 Å². The van der Waals surface area contributed by atoms with Gasteiger partial charge in [0.2, 0.25) is 0 Å². The standard InChI is InChI=1S/C18H9F12N6P/c19-1-7(25)16(8(26)2(20)13(1)34-31)37(17-9(27)3(21)14(35-32)4(22)10(17)28)18-11(29)5(23)15(36-33)6(24)12(18)30/h34-36H,31-33H2. The molecular weight excluding hydrogens is 559 g/mol. The molecule has 0 fully saturated rings. The summed E-state index contributed by atoms with van der Waals surface area (Å²) in [6.07, 6.45) is 0. The first-order valence-corrected chi connectivity index (χ1v) is 10.4. The van der Waals surface area contributed by atoms with Crippen molar-refractivity contribution >= 4 is 40.9 Å². The van der Waals surface area contributed by atoms with Gasteiger partial charge in [0.1, 0.15) is 17.1 Å². The van der Waals surface area contributed by atoms with Crippen molar-refractivity contribution in [3.63, 3.8) is 0 Å². The fraction of sp³-hybridized carbons (Fsp3) is 0. The Balaban J connectivity index is 2.67. The van der Waals surface area contributed by atoms with E-state index in [4.69, 9.17) is 17.5 Å². The second-order valence-electron chi connectivity index (χ2n) is 6.71. The SMILES string of the molecule is NNc1c(F)c(F)c(P(c2c(F)c(F)c(NN)c(F)c2F)c2c(F)c(F)c(NN)c(F)c2F)c(F)c1F. The van der Waals surface area contributed by atoms with Gasteiger partial charge in [-0.15, -0.1) is 0 Å². The van der Waals surface area contributed by atoms with Gasteiger partial charge in [0, 0.05) is 7.92 Å². The first-order valence-electron chi connectivity index (χ1n) is 9.05. The van der Waals surface area contributed by atoms with Gasteiger partial charge in [0.05, 0.1) is 15.9 Å². The van der Waals surface area contributed by atoms with E-state index in [1.54, 1.807) is 0 Å². The van der Waals surface area contributed by atoms with Crippen molar-refractivity contribution in [2.45, 2.75) is 0 Å². The maximum atomic E-state index is 14.9. The number of nitrogens with two attached hydrogens (primary N) is 3. The van der Waals surface area contributed by atoms with Crippen LogP contribution in [0.4, 0.5) is 69.7 Å². The molecule has 3 rings (SSSR count). The van der Waals surface area contributed by atoms with E-state index in [1.165, 1.54) is 16.3 Å². The molecule has 0 unspecified atom stereocenters. The predicted octanol–water partition coefficient (Wildman–Crippen LogP) is 2.97. The Labute approximate surface area is 198 Å². The number of hydrogen-bond acceptors (Lipinski definition) is 6. The Morgan fingerprint density at radius 2 is 0.486 bits per heavy atom. The number of benzene rings is 3. The van der Waals surface area contributed by atoms with Crippen LogP contribution in [0.5, 0.6) is 0 Å². The zero-order valence-electron chi connectivity index (χ0n) is 17.2. The number of halogens is 12. The lowest BCUT2D eigenvalue weighted by atomic mass is 10.2. The number of nitrogens with one attached hydrogen (secondary N) is 3. The minimum absolute atomic E-state index is 1.20. The Kier molecular flexibility index (Phi) is 7.69. The second-order valence-corrected chi connectivity index (χ2v) is 8.72. The number of rotatable bonds is 6. The molecule has 6 nitrogen and oxygen atoms in total. The van der Waals surface area contributed by atoms with Crippen LogP contribution in [-0.4, -0.2) is 0 Å². The summed E-state index contributed by atoms with van der Waals surface area (Å²) in [6, 6.07) is 0. The van der Waals surface area contributed by atoms with E-state index >= 15 is 0 Å². The summed E-state index contributed by atoms with van der Waals surface area (Å²) in [6.45, 7) is 0. The average molecular weight is 568 g/mol. The van der Waals surface area contributed by atoms with E-state index in [9.17, 15) is 52.7 Å². The second kappa shape index (κ2) is 10.1. The third kappa shape index (κ3) is 4.05. The van der Waals surface area contributed by atoms with Crippen LogP contribution in [0.2, 0.25) is 0 Å². The molecule has 0 aliphatic heterocycles. The van der Waals surface area contributed by atoms with Crippen LogP contribution in [-0.2, 0) is 0 Å². The minimum Gasteiger partial charge on any atom is -0.319 e. The van der Waals surface area contributed by atoms with Gasteiger partial charge < -0.3 is 16.3 Å². The molecular formula is C18H9F12N6P. The van der Waals surface area contributed by atoms with Gasteiger partial charge in [-0.3, -0.25) is 17.5 Å². The smallest absolute Gasteiger partial charge is 0.187 e. The Morgan fingerprint density at radius 1 is 0.324 bits per heavy atom. The normalized spacial score (nSPS) is 11.4. The lowest BCUT2D eigenvalue weighted by Crippen LogP contribution is -2.36. The highest BCUT2D eigenvalue weighted by Crippen LogP contribution is 2.44. The highest BCUT2D eigenvalue weighted by Gasteiger charge is 2.42. The average Bonchev–Trinajstić information content (AvgIpc) is 2.86. The quantitative estimate of drug-likeness (QED) is 0.0897. The van der Waals surface area contributed by atoms with E-state index in [0.29, 0.717) is 0 Å². The molecule has 3 aromatic carbocycles. The summed E-state index contributed by atoms with van der Waals surface area (Å²) in [7, 11) is -4.62. The molecule has 0 saturated heterocycles. The maximum absolute atomic E-state index is 14.9. The van der Waals surface area contributed by atoms with Gasteiger partial charge in [-0.25, -0.2) is 52.7 Å². The third-order valence-electron chi connectivity index (χ3n) is 4.82. The summed E-state index contributed by atoms with van der Waals surface area (Å²) in [5.74, 6) is -16.4. The summed E-state index contributed by atoms with van der Waals surface area (Å²) >= 11 is 0. The van der Waals surface area contributed by atoms with E-state index in [1.807, 2.05) is 0 Å². The van der Waals surface area contributed by atoms with Crippen molar-refractivity contribution < 1.29 is 52.7 Å². The lowest BCUT2D eigenvalue weighted by molar-refractivity contribution is 0.463. The molecule has 9 N–H and O–H groups in total. The van der Waals surface area contributed by atoms with Gasteiger partial charge in [0.15, 0.2) is 69.8 Å². The molecule has 0 aliphatic carbocycles. The van der Waals surface area contributed by atoms with Crippen molar-refractivity contribution in [3.05, 3.63) is 69.8 Å². The van der Waals surface area contributed by atoms with Crippen LogP contribution in [0, 0.1) is 69.8 Å². The summed E-state index contributed by atoms with van der Waals surface area (Å²) in [5.41, 5.74) is -1.62. The zero-order chi connectivity index (χ0) is 28.1.